The molecule has 0 spiro atoms. The first kappa shape index (κ1) is 18.5. The van der Waals surface area contributed by atoms with Gasteiger partial charge in [0.2, 0.25) is 5.88 Å². The van der Waals surface area contributed by atoms with Gasteiger partial charge in [0.25, 0.3) is 0 Å². The van der Waals surface area contributed by atoms with Crippen LogP contribution in [0.3, 0.4) is 0 Å². The van der Waals surface area contributed by atoms with Crippen molar-refractivity contribution >= 4 is 11.9 Å². The molecule has 4 nitrogen and oxygen atoms in total. The van der Waals surface area contributed by atoms with Gasteiger partial charge in [0.1, 0.15) is 0 Å². The number of hydrogen-bond donors (Lipinski definition) is 0. The monoisotopic (exact) mass is 367 g/mol. The van der Waals surface area contributed by atoms with Gasteiger partial charge in [-0.15, -0.1) is 0 Å². The van der Waals surface area contributed by atoms with Crippen molar-refractivity contribution in [3.8, 4) is 0 Å². The Bertz CT molecular complexity index is 674. The van der Waals surface area contributed by atoms with Gasteiger partial charge in [-0.25, -0.2) is 4.99 Å². The summed E-state index contributed by atoms with van der Waals surface area (Å²) in [7, 11) is 0. The van der Waals surface area contributed by atoms with Crippen molar-refractivity contribution in [2.45, 2.75) is 51.4 Å². The Hall–Kier alpha value is -1.81. The van der Waals surface area contributed by atoms with Crippen LogP contribution >= 0.6 is 0 Å². The fourth-order valence-electron chi connectivity index (χ4n) is 4.47. The Morgan fingerprint density at radius 1 is 0.963 bits per heavy atom. The number of hydrogen-bond acceptors (Lipinski definition) is 4. The highest BCUT2D eigenvalue weighted by Crippen LogP contribution is 2.31. The lowest BCUT2D eigenvalue weighted by molar-refractivity contribution is 0.190. The molecule has 4 rings (SSSR count). The van der Waals surface area contributed by atoms with Crippen LogP contribution in [0.5, 0.6) is 0 Å². The van der Waals surface area contributed by atoms with Gasteiger partial charge in [0.15, 0.2) is 0 Å². The van der Waals surface area contributed by atoms with E-state index in [1.807, 2.05) is 6.21 Å². The van der Waals surface area contributed by atoms with E-state index in [1.54, 1.807) is 11.1 Å². The van der Waals surface area contributed by atoms with Crippen LogP contribution in [0.4, 0.5) is 5.69 Å². The summed E-state index contributed by atoms with van der Waals surface area (Å²) < 4.78 is 5.74. The molecule has 146 valence electrons. The summed E-state index contributed by atoms with van der Waals surface area (Å²) in [6.45, 7) is 6.66. The molecule has 0 aromatic heterocycles. The molecule has 1 saturated heterocycles. The molecule has 2 heterocycles. The molecule has 0 unspecified atom stereocenters. The number of fused-ring (bicyclic) bond motifs is 1. The minimum absolute atomic E-state index is 0.791. The molecule has 4 heteroatoms. The Morgan fingerprint density at radius 2 is 1.85 bits per heavy atom. The van der Waals surface area contributed by atoms with E-state index in [2.05, 4.69) is 39.1 Å². The normalized spacial score (nSPS) is 20.3. The van der Waals surface area contributed by atoms with Crippen LogP contribution in [0.25, 0.3) is 0 Å². The first-order chi connectivity index (χ1) is 13.4. The SMILES string of the molecule is C1=NC(OCCCCN2CCN(c3cccc4c3CCCC4)CC2)=CCC1. The lowest BCUT2D eigenvalue weighted by Crippen LogP contribution is -2.47. The second-order valence-electron chi connectivity index (χ2n) is 7.94. The van der Waals surface area contributed by atoms with Crippen molar-refractivity contribution in [1.82, 2.24) is 4.90 Å². The van der Waals surface area contributed by atoms with E-state index < -0.39 is 0 Å². The number of anilines is 1. The Balaban J connectivity index is 1.17. The zero-order valence-electron chi connectivity index (χ0n) is 16.5. The molecular weight excluding hydrogens is 334 g/mol. The number of aryl methyl sites for hydroxylation is 1. The van der Waals surface area contributed by atoms with Crippen molar-refractivity contribution in [2.75, 3.05) is 44.2 Å². The van der Waals surface area contributed by atoms with E-state index in [4.69, 9.17) is 4.74 Å². The lowest BCUT2D eigenvalue weighted by Gasteiger charge is -2.38. The summed E-state index contributed by atoms with van der Waals surface area (Å²) in [5.41, 5.74) is 4.74. The van der Waals surface area contributed by atoms with Crippen molar-refractivity contribution in [3.63, 3.8) is 0 Å². The summed E-state index contributed by atoms with van der Waals surface area (Å²) in [6, 6.07) is 6.95. The molecule has 0 bridgehead atoms. The molecule has 1 aromatic carbocycles. The van der Waals surface area contributed by atoms with E-state index >= 15 is 0 Å². The number of allylic oxidation sites excluding steroid dienone is 1. The molecule has 1 fully saturated rings. The predicted molar refractivity (Wildman–Crippen MR) is 113 cm³/mol. The highest BCUT2D eigenvalue weighted by atomic mass is 16.5. The second-order valence-corrected chi connectivity index (χ2v) is 7.94. The topological polar surface area (TPSA) is 28.1 Å². The van der Waals surface area contributed by atoms with Crippen molar-refractivity contribution in [1.29, 1.82) is 0 Å². The van der Waals surface area contributed by atoms with Crippen molar-refractivity contribution in [2.24, 2.45) is 4.99 Å². The molecule has 0 N–H and O–H groups in total. The molecule has 27 heavy (non-hydrogen) atoms. The average molecular weight is 368 g/mol. The fourth-order valence-corrected chi connectivity index (χ4v) is 4.47. The van der Waals surface area contributed by atoms with Gasteiger partial charge in [-0.2, -0.15) is 0 Å². The molecule has 2 aliphatic heterocycles. The molecule has 0 atom stereocenters. The van der Waals surface area contributed by atoms with E-state index in [9.17, 15) is 0 Å². The molecule has 1 aromatic rings. The van der Waals surface area contributed by atoms with Crippen molar-refractivity contribution in [3.05, 3.63) is 41.3 Å². The third kappa shape index (κ3) is 4.92. The van der Waals surface area contributed by atoms with E-state index in [0.717, 1.165) is 44.8 Å². The number of ether oxygens (including phenoxy) is 1. The number of aliphatic imine (C=N–C) groups is 1. The predicted octanol–water partition coefficient (Wildman–Crippen LogP) is 4.19. The van der Waals surface area contributed by atoms with Gasteiger partial charge in [-0.3, -0.25) is 4.90 Å². The minimum Gasteiger partial charge on any atom is -0.478 e. The molecule has 0 radical (unpaired) electrons. The van der Waals surface area contributed by atoms with E-state index in [0.29, 0.717) is 0 Å². The summed E-state index contributed by atoms with van der Waals surface area (Å²) in [4.78, 5) is 9.52. The third-order valence-electron chi connectivity index (χ3n) is 6.04. The summed E-state index contributed by atoms with van der Waals surface area (Å²) in [5.74, 6) is 0.820. The Kier molecular flexibility index (Phi) is 6.46. The van der Waals surface area contributed by atoms with Gasteiger partial charge < -0.3 is 9.64 Å². The molecule has 1 aliphatic carbocycles. The number of nitrogens with zero attached hydrogens (tertiary/aromatic N) is 3. The van der Waals surface area contributed by atoms with Crippen LogP contribution < -0.4 is 4.90 Å². The summed E-state index contributed by atoms with van der Waals surface area (Å²) in [6.07, 6.45) is 13.7. The summed E-state index contributed by atoms with van der Waals surface area (Å²) in [5, 5.41) is 0. The third-order valence-corrected chi connectivity index (χ3v) is 6.04. The van der Waals surface area contributed by atoms with Crippen molar-refractivity contribution < 1.29 is 4.74 Å². The van der Waals surface area contributed by atoms with E-state index in [1.165, 1.54) is 57.4 Å². The van der Waals surface area contributed by atoms with Crippen LogP contribution in [0, 0.1) is 0 Å². The maximum atomic E-state index is 5.74. The lowest BCUT2D eigenvalue weighted by atomic mass is 9.90. The second kappa shape index (κ2) is 9.41. The standard InChI is InChI=1S/C23H33N3O/c1-2-10-21-20(8-1)9-7-11-22(21)26-17-15-25(16-18-26)14-5-6-19-27-23-12-3-4-13-24-23/h7,9,11-13H,1-6,8,10,14-19H2. The van der Waals surface area contributed by atoms with Gasteiger partial charge >= 0.3 is 0 Å². The molecule has 3 aliphatic rings. The maximum Gasteiger partial charge on any atom is 0.208 e. The van der Waals surface area contributed by atoms with Gasteiger partial charge in [-0.1, -0.05) is 12.1 Å². The van der Waals surface area contributed by atoms with Crippen LogP contribution in [-0.4, -0.2) is 50.4 Å². The first-order valence-corrected chi connectivity index (χ1v) is 10.8. The average Bonchev–Trinajstić information content (AvgIpc) is 2.74. The minimum atomic E-state index is 0.791. The molecule has 0 amide bonds. The zero-order chi connectivity index (χ0) is 18.3. The maximum absolute atomic E-state index is 5.74. The highest BCUT2D eigenvalue weighted by Gasteiger charge is 2.21. The van der Waals surface area contributed by atoms with Crippen LogP contribution in [-0.2, 0) is 17.6 Å². The number of benzene rings is 1. The number of rotatable bonds is 7. The fraction of sp³-hybridized carbons (Fsp3) is 0.609. The van der Waals surface area contributed by atoms with Crippen LogP contribution in [0.1, 0.15) is 49.7 Å². The number of unbranched alkanes of at least 4 members (excludes halogenated alkanes) is 1. The first-order valence-electron chi connectivity index (χ1n) is 10.8. The van der Waals surface area contributed by atoms with Gasteiger partial charge in [-0.05, 0) is 81.2 Å². The smallest absolute Gasteiger partial charge is 0.208 e. The largest absolute Gasteiger partial charge is 0.478 e. The quantitative estimate of drug-likeness (QED) is 0.677. The highest BCUT2D eigenvalue weighted by molar-refractivity contribution is 5.60. The van der Waals surface area contributed by atoms with Crippen LogP contribution in [0.15, 0.2) is 35.2 Å². The summed E-state index contributed by atoms with van der Waals surface area (Å²) >= 11 is 0. The molecular formula is C23H33N3O. The van der Waals surface area contributed by atoms with E-state index in [-0.39, 0.29) is 0 Å². The Labute approximate surface area is 163 Å². The van der Waals surface area contributed by atoms with Crippen LogP contribution in [0.2, 0.25) is 0 Å². The van der Waals surface area contributed by atoms with Gasteiger partial charge in [0, 0.05) is 38.1 Å². The zero-order valence-corrected chi connectivity index (χ0v) is 16.5. The van der Waals surface area contributed by atoms with Gasteiger partial charge in [0.05, 0.1) is 6.61 Å². The molecule has 0 saturated carbocycles. The Morgan fingerprint density at radius 3 is 2.70 bits per heavy atom. The number of piperazine rings is 1.